The Balaban J connectivity index is 1.34. The lowest BCUT2D eigenvalue weighted by molar-refractivity contribution is -0.118. The Hall–Kier alpha value is -3.52. The van der Waals surface area contributed by atoms with Gasteiger partial charge < -0.3 is 19.8 Å². The van der Waals surface area contributed by atoms with Crippen molar-refractivity contribution in [1.82, 2.24) is 20.3 Å². The SMILES string of the molecule is COc1ccc(CCNC(=O)CSc2ncccc2-c2nc3ccccc3[nH]2)cc1OC. The zero-order chi connectivity index (χ0) is 22.3. The maximum absolute atomic E-state index is 12.4. The van der Waals surface area contributed by atoms with Gasteiger partial charge in [0.15, 0.2) is 11.5 Å². The fourth-order valence-electron chi connectivity index (χ4n) is 3.33. The van der Waals surface area contributed by atoms with E-state index >= 15 is 0 Å². The van der Waals surface area contributed by atoms with Crippen molar-refractivity contribution < 1.29 is 14.3 Å². The fraction of sp³-hybridized carbons (Fsp3) is 0.208. The Labute approximate surface area is 190 Å². The van der Waals surface area contributed by atoms with E-state index in [2.05, 4.69) is 20.3 Å². The highest BCUT2D eigenvalue weighted by molar-refractivity contribution is 8.00. The van der Waals surface area contributed by atoms with E-state index in [9.17, 15) is 4.79 Å². The number of hydrogen-bond acceptors (Lipinski definition) is 6. The number of methoxy groups -OCH3 is 2. The van der Waals surface area contributed by atoms with E-state index in [0.29, 0.717) is 24.5 Å². The van der Waals surface area contributed by atoms with Crippen LogP contribution < -0.4 is 14.8 Å². The van der Waals surface area contributed by atoms with E-state index in [1.807, 2.05) is 54.6 Å². The summed E-state index contributed by atoms with van der Waals surface area (Å²) in [6, 6.07) is 17.5. The minimum absolute atomic E-state index is 0.0447. The molecular weight excluding hydrogens is 424 g/mol. The summed E-state index contributed by atoms with van der Waals surface area (Å²) in [5.41, 5.74) is 3.81. The summed E-state index contributed by atoms with van der Waals surface area (Å²) < 4.78 is 10.6. The van der Waals surface area contributed by atoms with Crippen LogP contribution in [-0.4, -0.2) is 47.4 Å². The average Bonchev–Trinajstić information content (AvgIpc) is 3.27. The molecular formula is C24H24N4O3S. The van der Waals surface area contributed by atoms with E-state index in [1.165, 1.54) is 11.8 Å². The number of aromatic nitrogens is 3. The Kier molecular flexibility index (Phi) is 6.91. The van der Waals surface area contributed by atoms with Gasteiger partial charge in [0.1, 0.15) is 10.9 Å². The van der Waals surface area contributed by atoms with Crippen molar-refractivity contribution >= 4 is 28.7 Å². The van der Waals surface area contributed by atoms with Crippen LogP contribution in [0.25, 0.3) is 22.4 Å². The van der Waals surface area contributed by atoms with Crippen LogP contribution in [0.5, 0.6) is 11.5 Å². The second-order valence-corrected chi connectivity index (χ2v) is 8.00. The number of nitrogens with one attached hydrogen (secondary N) is 2. The van der Waals surface area contributed by atoms with Crippen LogP contribution in [0.3, 0.4) is 0 Å². The van der Waals surface area contributed by atoms with Crippen molar-refractivity contribution in [2.75, 3.05) is 26.5 Å². The number of rotatable bonds is 9. The summed E-state index contributed by atoms with van der Waals surface area (Å²) in [5.74, 6) is 2.34. The first-order valence-electron chi connectivity index (χ1n) is 10.2. The van der Waals surface area contributed by atoms with E-state index in [0.717, 1.165) is 33.0 Å². The van der Waals surface area contributed by atoms with Gasteiger partial charge in [-0.3, -0.25) is 4.79 Å². The molecule has 2 aromatic heterocycles. The Morgan fingerprint density at radius 3 is 2.72 bits per heavy atom. The van der Waals surface area contributed by atoms with Crippen LogP contribution in [-0.2, 0) is 11.2 Å². The van der Waals surface area contributed by atoms with Gasteiger partial charge >= 0.3 is 0 Å². The first kappa shape index (κ1) is 21.7. The third-order valence-electron chi connectivity index (χ3n) is 4.94. The normalized spacial score (nSPS) is 10.8. The number of ether oxygens (including phenoxy) is 2. The number of carbonyl (C=O) groups excluding carboxylic acids is 1. The quantitative estimate of drug-likeness (QED) is 0.375. The number of thioether (sulfide) groups is 1. The summed E-state index contributed by atoms with van der Waals surface area (Å²) in [5, 5.41) is 3.73. The lowest BCUT2D eigenvalue weighted by Gasteiger charge is -2.10. The minimum atomic E-state index is -0.0447. The van der Waals surface area contributed by atoms with Gasteiger partial charge in [0.05, 0.1) is 31.0 Å². The second-order valence-electron chi connectivity index (χ2n) is 7.04. The van der Waals surface area contributed by atoms with Gasteiger partial charge in [0, 0.05) is 18.3 Å². The summed E-state index contributed by atoms with van der Waals surface area (Å²) in [6.45, 7) is 0.535. The van der Waals surface area contributed by atoms with Gasteiger partial charge in [-0.05, 0) is 48.4 Å². The molecule has 164 valence electrons. The number of benzene rings is 2. The number of pyridine rings is 1. The molecule has 1 amide bonds. The van der Waals surface area contributed by atoms with Gasteiger partial charge in [0.25, 0.3) is 0 Å². The molecule has 2 aromatic carbocycles. The summed E-state index contributed by atoms with van der Waals surface area (Å²) >= 11 is 1.40. The Morgan fingerprint density at radius 2 is 1.91 bits per heavy atom. The van der Waals surface area contributed by atoms with Crippen LogP contribution in [0.15, 0.2) is 65.8 Å². The van der Waals surface area contributed by atoms with Crippen LogP contribution in [0, 0.1) is 0 Å². The molecule has 0 bridgehead atoms. The van der Waals surface area contributed by atoms with Crippen LogP contribution >= 0.6 is 11.8 Å². The summed E-state index contributed by atoms with van der Waals surface area (Å²) in [4.78, 5) is 24.8. The molecule has 0 saturated carbocycles. The molecule has 0 atom stereocenters. The van der Waals surface area contributed by atoms with Gasteiger partial charge in [-0.2, -0.15) is 0 Å². The minimum Gasteiger partial charge on any atom is -0.493 e. The molecule has 0 aliphatic carbocycles. The Bertz CT molecular complexity index is 1190. The van der Waals surface area contributed by atoms with E-state index in [4.69, 9.17) is 9.47 Å². The van der Waals surface area contributed by atoms with Crippen LogP contribution in [0.2, 0.25) is 0 Å². The number of aromatic amines is 1. The molecule has 0 unspecified atom stereocenters. The molecule has 0 saturated heterocycles. The first-order chi connectivity index (χ1) is 15.7. The molecule has 0 fully saturated rings. The van der Waals surface area contributed by atoms with Crippen LogP contribution in [0.1, 0.15) is 5.56 Å². The summed E-state index contributed by atoms with van der Waals surface area (Å²) in [7, 11) is 3.22. The maximum Gasteiger partial charge on any atom is 0.230 e. The number of amides is 1. The van der Waals surface area contributed by atoms with Gasteiger partial charge in [0.2, 0.25) is 5.91 Å². The standard InChI is InChI=1S/C24H24N4O3S/c1-30-20-10-9-16(14-21(20)31-2)11-13-25-22(29)15-32-24-17(6-5-12-26-24)23-27-18-7-3-4-8-19(18)28-23/h3-10,12,14H,11,13,15H2,1-2H3,(H,25,29)(H,27,28). The largest absolute Gasteiger partial charge is 0.493 e. The van der Waals surface area contributed by atoms with E-state index in [1.54, 1.807) is 20.4 Å². The Morgan fingerprint density at radius 1 is 1.06 bits per heavy atom. The van der Waals surface area contributed by atoms with Gasteiger partial charge in [-0.25, -0.2) is 9.97 Å². The smallest absolute Gasteiger partial charge is 0.230 e. The van der Waals surface area contributed by atoms with Crippen molar-refractivity contribution in [3.63, 3.8) is 0 Å². The molecule has 2 N–H and O–H groups in total. The highest BCUT2D eigenvalue weighted by atomic mass is 32.2. The summed E-state index contributed by atoms with van der Waals surface area (Å²) in [6.07, 6.45) is 2.42. The van der Waals surface area contributed by atoms with Crippen molar-refractivity contribution in [2.45, 2.75) is 11.4 Å². The number of H-pyrrole nitrogens is 1. The molecule has 0 aliphatic heterocycles. The molecule has 4 aromatic rings. The number of imidazole rings is 1. The molecule has 8 heteroatoms. The number of carbonyl (C=O) groups is 1. The molecule has 0 spiro atoms. The number of fused-ring (bicyclic) bond motifs is 1. The lowest BCUT2D eigenvalue weighted by Crippen LogP contribution is -2.27. The van der Waals surface area contributed by atoms with Gasteiger partial charge in [-0.15, -0.1) is 0 Å². The molecule has 7 nitrogen and oxygen atoms in total. The van der Waals surface area contributed by atoms with Crippen molar-refractivity contribution in [3.05, 3.63) is 66.4 Å². The molecule has 4 rings (SSSR count). The van der Waals surface area contributed by atoms with Crippen LogP contribution in [0.4, 0.5) is 0 Å². The number of para-hydroxylation sites is 2. The number of nitrogens with zero attached hydrogens (tertiary/aromatic N) is 2. The third-order valence-corrected chi connectivity index (χ3v) is 5.94. The maximum atomic E-state index is 12.4. The molecule has 0 radical (unpaired) electrons. The van der Waals surface area contributed by atoms with Gasteiger partial charge in [-0.1, -0.05) is 30.0 Å². The monoisotopic (exact) mass is 448 g/mol. The molecule has 32 heavy (non-hydrogen) atoms. The highest BCUT2D eigenvalue weighted by Gasteiger charge is 2.13. The first-order valence-corrected chi connectivity index (χ1v) is 11.2. The predicted octanol–water partition coefficient (Wildman–Crippen LogP) is 4.09. The average molecular weight is 449 g/mol. The third kappa shape index (κ3) is 5.03. The highest BCUT2D eigenvalue weighted by Crippen LogP contribution is 2.29. The lowest BCUT2D eigenvalue weighted by atomic mass is 10.1. The van der Waals surface area contributed by atoms with Crippen molar-refractivity contribution in [3.8, 4) is 22.9 Å². The molecule has 0 aliphatic rings. The van der Waals surface area contributed by atoms with E-state index in [-0.39, 0.29) is 11.7 Å². The molecule has 2 heterocycles. The number of hydrogen-bond donors (Lipinski definition) is 2. The topological polar surface area (TPSA) is 89.1 Å². The zero-order valence-corrected chi connectivity index (χ0v) is 18.7. The predicted molar refractivity (Wildman–Crippen MR) is 126 cm³/mol. The van der Waals surface area contributed by atoms with Crippen molar-refractivity contribution in [2.24, 2.45) is 0 Å². The zero-order valence-electron chi connectivity index (χ0n) is 17.9. The second kappa shape index (κ2) is 10.2. The van der Waals surface area contributed by atoms with E-state index < -0.39 is 0 Å². The van der Waals surface area contributed by atoms with Crippen molar-refractivity contribution in [1.29, 1.82) is 0 Å². The fourth-order valence-corrected chi connectivity index (χ4v) is 4.16.